The number of rotatable bonds is 23. The van der Waals surface area contributed by atoms with Gasteiger partial charge in [0.15, 0.2) is 0 Å². The predicted octanol–water partition coefficient (Wildman–Crippen LogP) is 39.2. The van der Waals surface area contributed by atoms with Gasteiger partial charge >= 0.3 is 0 Å². The highest BCUT2D eigenvalue weighted by Crippen LogP contribution is 2.51. The largest absolute Gasteiger partial charge is 0.334 e. The summed E-state index contributed by atoms with van der Waals surface area (Å²) in [6.07, 6.45) is 8.04. The van der Waals surface area contributed by atoms with E-state index in [0.717, 1.165) is 174 Å². The second kappa shape index (κ2) is 39.2. The van der Waals surface area contributed by atoms with Crippen LogP contribution in [-0.2, 0) is 0 Å². The topological polar surface area (TPSA) is 16.3 Å². The summed E-state index contributed by atoms with van der Waals surface area (Å²) in [5.74, 6) is 0. The van der Waals surface area contributed by atoms with Gasteiger partial charge in [0.2, 0.25) is 0 Å². The van der Waals surface area contributed by atoms with Crippen LogP contribution in [0.5, 0.6) is 0 Å². The van der Waals surface area contributed by atoms with Crippen molar-refractivity contribution in [3.05, 3.63) is 594 Å². The zero-order chi connectivity index (χ0) is 98.2. The SMILES string of the molecule is C1=CC(N(c2ccc(-c3cc(-c4ccccc4)cc(-c4ccccc4)c3)cc2)c2ccccc2-c2cccc(-c3cccc4c3c3ccccc3n4-c3ccccc3)c2)CC=C1c1cc(-c2ccccc2)cc(-c2ccc(-c3cccc(-c4cc(-c5ccccc5)cc(N(c5cc(-c6ccccc6)cc(-c6ccccc6)c5)c5ccccc5-c5cccc(-c6cccc7c6c6ccccc6n7-c6ccccc6)c5)c4)c3)cc2)c1. The van der Waals surface area contributed by atoms with Crippen molar-refractivity contribution in [1.29, 1.82) is 0 Å². The van der Waals surface area contributed by atoms with Crippen LogP contribution in [0.1, 0.15) is 12.0 Å². The number of allylic oxidation sites excluding steroid dienone is 2. The van der Waals surface area contributed by atoms with Gasteiger partial charge in [0, 0.05) is 66.8 Å². The van der Waals surface area contributed by atoms with Gasteiger partial charge in [-0.25, -0.2) is 0 Å². The van der Waals surface area contributed by atoms with Crippen LogP contribution in [0.25, 0.3) is 216 Å². The number of fused-ring (bicyclic) bond motifs is 6. The summed E-state index contributed by atoms with van der Waals surface area (Å²) in [6.45, 7) is 0. The maximum Gasteiger partial charge on any atom is 0.0560 e. The van der Waals surface area contributed by atoms with Crippen molar-refractivity contribution in [2.45, 2.75) is 12.5 Å². The number of hydrogen-bond donors (Lipinski definition) is 0. The van der Waals surface area contributed by atoms with Crippen molar-refractivity contribution in [2.75, 3.05) is 9.80 Å². The number of hydrogen-bond acceptors (Lipinski definition) is 2. The second-order valence-corrected chi connectivity index (χ2v) is 38.5. The molecule has 0 N–H and O–H groups in total. The molecule has 23 aromatic carbocycles. The van der Waals surface area contributed by atoms with Crippen molar-refractivity contribution < 1.29 is 0 Å². The Morgan fingerprint density at radius 2 is 0.432 bits per heavy atom. The lowest BCUT2D eigenvalue weighted by Crippen LogP contribution is -2.30. The molecule has 1 aliphatic carbocycles. The third kappa shape index (κ3) is 17.3. The predicted molar refractivity (Wildman–Crippen MR) is 626 cm³/mol. The third-order valence-corrected chi connectivity index (χ3v) is 29.5. The molecule has 0 saturated carbocycles. The van der Waals surface area contributed by atoms with Gasteiger partial charge in [-0.2, -0.15) is 0 Å². The quantitative estimate of drug-likeness (QED) is 0.0635. The minimum atomic E-state index is -0.0695. The van der Waals surface area contributed by atoms with Crippen molar-refractivity contribution in [3.8, 4) is 167 Å². The third-order valence-electron chi connectivity index (χ3n) is 29.5. The lowest BCUT2D eigenvalue weighted by molar-refractivity contribution is 0.788. The van der Waals surface area contributed by atoms with Crippen molar-refractivity contribution in [3.63, 3.8) is 0 Å². The number of nitrogens with zero attached hydrogens (tertiary/aromatic N) is 4. The first-order chi connectivity index (χ1) is 73.4. The van der Waals surface area contributed by atoms with Crippen LogP contribution >= 0.6 is 0 Å². The minimum absolute atomic E-state index is 0.0695. The number of anilines is 5. The highest BCUT2D eigenvalue weighted by molar-refractivity contribution is 6.18. The van der Waals surface area contributed by atoms with E-state index in [9.17, 15) is 0 Å². The van der Waals surface area contributed by atoms with Crippen LogP contribution in [0.3, 0.4) is 0 Å². The normalized spacial score (nSPS) is 12.4. The fourth-order valence-corrected chi connectivity index (χ4v) is 22.5. The fraction of sp³-hybridized carbons (Fsp3) is 0.0139. The highest BCUT2D eigenvalue weighted by Gasteiger charge is 2.29. The average molecular weight is 1890 g/mol. The number of para-hydroxylation sites is 6. The molecule has 4 nitrogen and oxygen atoms in total. The monoisotopic (exact) mass is 1880 g/mol. The molecule has 0 fully saturated rings. The van der Waals surface area contributed by atoms with Gasteiger partial charge in [0.05, 0.1) is 33.8 Å². The molecule has 1 atom stereocenters. The van der Waals surface area contributed by atoms with Gasteiger partial charge in [-0.1, -0.05) is 425 Å². The van der Waals surface area contributed by atoms with Crippen LogP contribution in [0.15, 0.2) is 588 Å². The number of aromatic nitrogens is 2. The van der Waals surface area contributed by atoms with Crippen LogP contribution < -0.4 is 9.80 Å². The van der Waals surface area contributed by atoms with E-state index in [1.807, 2.05) is 0 Å². The molecule has 1 aliphatic rings. The summed E-state index contributed by atoms with van der Waals surface area (Å²) in [6, 6.07) is 210. The molecule has 0 amide bonds. The zero-order valence-corrected chi connectivity index (χ0v) is 81.6. The zero-order valence-electron chi connectivity index (χ0n) is 81.6. The molecule has 148 heavy (non-hydrogen) atoms. The maximum absolute atomic E-state index is 2.58. The summed E-state index contributed by atoms with van der Waals surface area (Å²) in [5.41, 5.74) is 46.6. The van der Waals surface area contributed by atoms with E-state index in [-0.39, 0.29) is 6.04 Å². The molecule has 26 rings (SSSR count). The second-order valence-electron chi connectivity index (χ2n) is 38.5. The van der Waals surface area contributed by atoms with Crippen molar-refractivity contribution in [2.24, 2.45) is 0 Å². The maximum atomic E-state index is 2.58. The van der Waals surface area contributed by atoms with Crippen molar-refractivity contribution in [1.82, 2.24) is 9.13 Å². The van der Waals surface area contributed by atoms with Gasteiger partial charge in [-0.05, 0) is 326 Å². The van der Waals surface area contributed by atoms with Gasteiger partial charge in [0.1, 0.15) is 0 Å². The molecule has 2 heterocycles. The van der Waals surface area contributed by atoms with E-state index in [4.69, 9.17) is 0 Å². The lowest BCUT2D eigenvalue weighted by Gasteiger charge is -2.35. The van der Waals surface area contributed by atoms with E-state index in [1.165, 1.54) is 82.6 Å². The van der Waals surface area contributed by atoms with E-state index < -0.39 is 0 Å². The smallest absolute Gasteiger partial charge is 0.0560 e. The van der Waals surface area contributed by atoms with Crippen LogP contribution in [-0.4, -0.2) is 15.2 Å². The summed E-state index contributed by atoms with van der Waals surface area (Å²) in [4.78, 5) is 5.10. The Morgan fingerprint density at radius 3 is 0.824 bits per heavy atom. The van der Waals surface area contributed by atoms with Crippen LogP contribution in [0.2, 0.25) is 0 Å². The van der Waals surface area contributed by atoms with E-state index >= 15 is 0 Å². The minimum Gasteiger partial charge on any atom is -0.334 e. The Balaban J connectivity index is 0.558. The standard InChI is InChI=1S/C144H100N4/c1-9-38-99(39-10-1)115-87-116(100-40-11-2-12-41-100)90-119(89-115)107-76-80-127(81-77-107)145(137-66-29-25-60-131(137)111-52-34-54-113(85-111)133-64-36-70-141-143(133)135-62-27-31-68-139(135)147(141)125-56-21-7-22-57-125)128-82-78-108(79-83-128)120-91-117(101-42-13-3-14-43-101)88-118(92-120)106-74-72-105(73-75-106)109-50-33-51-110(84-109)124-94-123(104-48-19-6-20-49-104)97-130(98-124)146(129-95-121(102-44-15-4-16-45-102)93-122(96-129)103-46-17-5-18-47-103)138-67-30-26-61-132(138)112-53-35-55-114(86-112)134-65-37-71-142-144(134)136-63-28-32-69-140(136)148(142)126-58-23-8-24-59-126/h1-82,84-98,128H,83H2. The van der Waals surface area contributed by atoms with E-state index in [2.05, 4.69) is 607 Å². The molecule has 25 aromatic rings. The van der Waals surface area contributed by atoms with Gasteiger partial charge < -0.3 is 18.9 Å². The molecule has 0 radical (unpaired) electrons. The van der Waals surface area contributed by atoms with Crippen LogP contribution in [0, 0.1) is 0 Å². The van der Waals surface area contributed by atoms with Gasteiger partial charge in [-0.15, -0.1) is 0 Å². The Kier molecular flexibility index (Phi) is 23.6. The average Bonchev–Trinajstić information content (AvgIpc) is 1.49. The molecule has 4 heteroatoms. The highest BCUT2D eigenvalue weighted by atomic mass is 15.2. The molecule has 1 unspecified atom stereocenters. The first-order valence-corrected chi connectivity index (χ1v) is 51.1. The summed E-state index contributed by atoms with van der Waals surface area (Å²) < 4.78 is 4.82. The summed E-state index contributed by atoms with van der Waals surface area (Å²) >= 11 is 0. The van der Waals surface area contributed by atoms with E-state index in [0.29, 0.717) is 0 Å². The fourth-order valence-electron chi connectivity index (χ4n) is 22.5. The molecule has 0 saturated heterocycles. The first-order valence-electron chi connectivity index (χ1n) is 51.1. The molecular weight excluding hydrogens is 1790 g/mol. The van der Waals surface area contributed by atoms with Gasteiger partial charge in [-0.3, -0.25) is 0 Å². The lowest BCUT2D eigenvalue weighted by atomic mass is 9.89. The molecule has 0 aliphatic heterocycles. The number of benzene rings is 23. The molecule has 0 spiro atoms. The molecule has 2 aromatic heterocycles. The Hall–Kier alpha value is -19.3. The van der Waals surface area contributed by atoms with Gasteiger partial charge in [0.25, 0.3) is 0 Å². The van der Waals surface area contributed by atoms with E-state index in [1.54, 1.807) is 0 Å². The summed E-state index contributed by atoms with van der Waals surface area (Å²) in [5, 5.41) is 4.90. The molecule has 0 bridgehead atoms. The Morgan fingerprint density at radius 1 is 0.176 bits per heavy atom. The Labute approximate surface area is 863 Å². The molecular formula is C144H100N4. The summed E-state index contributed by atoms with van der Waals surface area (Å²) in [7, 11) is 0. The van der Waals surface area contributed by atoms with Crippen molar-refractivity contribution >= 4 is 77.6 Å². The molecule has 696 valence electrons. The Bertz CT molecular complexity index is 9200. The van der Waals surface area contributed by atoms with Crippen LogP contribution in [0.4, 0.5) is 28.4 Å². The first kappa shape index (κ1) is 88.9.